The van der Waals surface area contributed by atoms with Crippen molar-refractivity contribution >= 4 is 9.24 Å². The topological polar surface area (TPSA) is 0 Å². The van der Waals surface area contributed by atoms with E-state index in [1.54, 1.807) is 0 Å². The molecule has 0 bridgehead atoms. The smallest absolute Gasteiger partial charge is 0.0153 e. The van der Waals surface area contributed by atoms with Crippen molar-refractivity contribution in [3.63, 3.8) is 0 Å². The largest absolute Gasteiger partial charge is 0.131 e. The number of hydrogen-bond donors (Lipinski definition) is 0. The molecule has 0 heterocycles. The quantitative estimate of drug-likeness (QED) is 0.461. The van der Waals surface area contributed by atoms with E-state index in [1.165, 1.54) is 25.7 Å². The molecule has 0 radical (unpaired) electrons. The molecular weight excluding hydrogens is 103 g/mol. The van der Waals surface area contributed by atoms with Gasteiger partial charge in [0.2, 0.25) is 0 Å². The summed E-state index contributed by atoms with van der Waals surface area (Å²) in [7, 11) is 2.95. The maximum Gasteiger partial charge on any atom is -0.0153 e. The van der Waals surface area contributed by atoms with Gasteiger partial charge in [0.15, 0.2) is 0 Å². The van der Waals surface area contributed by atoms with Crippen molar-refractivity contribution in [2.24, 2.45) is 0 Å². The Morgan fingerprint density at radius 2 is 2.14 bits per heavy atom. The van der Waals surface area contributed by atoms with Gasteiger partial charge in [0.25, 0.3) is 0 Å². The van der Waals surface area contributed by atoms with E-state index in [1.807, 2.05) is 0 Å². The molecule has 1 unspecified atom stereocenters. The van der Waals surface area contributed by atoms with Crippen LogP contribution in [-0.2, 0) is 0 Å². The second-order valence-corrected chi connectivity index (χ2v) is 3.79. The molecule has 1 saturated carbocycles. The standard InChI is InChI=1S/C6H13P/c1-2-6(7)4-3-5-6/h2-5,7H2,1H3. The van der Waals surface area contributed by atoms with E-state index in [-0.39, 0.29) is 0 Å². The summed E-state index contributed by atoms with van der Waals surface area (Å²) < 4.78 is 0. The Balaban J connectivity index is 2.29. The second kappa shape index (κ2) is 1.74. The van der Waals surface area contributed by atoms with Crippen LogP contribution in [0.2, 0.25) is 0 Å². The average Bonchev–Trinajstić information content (AvgIpc) is 1.61. The van der Waals surface area contributed by atoms with E-state index in [0.717, 1.165) is 0 Å². The first-order valence-corrected chi connectivity index (χ1v) is 3.63. The van der Waals surface area contributed by atoms with Gasteiger partial charge >= 0.3 is 0 Å². The van der Waals surface area contributed by atoms with Gasteiger partial charge in [0, 0.05) is 0 Å². The van der Waals surface area contributed by atoms with E-state index in [0.29, 0.717) is 5.16 Å². The molecule has 7 heavy (non-hydrogen) atoms. The number of rotatable bonds is 1. The van der Waals surface area contributed by atoms with Crippen LogP contribution < -0.4 is 0 Å². The van der Waals surface area contributed by atoms with Crippen LogP contribution in [0, 0.1) is 0 Å². The van der Waals surface area contributed by atoms with Crippen molar-refractivity contribution < 1.29 is 0 Å². The molecule has 0 amide bonds. The Labute approximate surface area is 47.9 Å². The molecule has 0 aromatic rings. The summed E-state index contributed by atoms with van der Waals surface area (Å²) in [6, 6.07) is 0. The fourth-order valence-electron chi connectivity index (χ4n) is 0.984. The predicted octanol–water partition coefficient (Wildman–Crippen LogP) is 2.19. The minimum absolute atomic E-state index is 0.681. The van der Waals surface area contributed by atoms with Crippen LogP contribution >= 0.6 is 9.24 Å². The molecule has 42 valence electrons. The molecule has 0 N–H and O–H groups in total. The van der Waals surface area contributed by atoms with Crippen molar-refractivity contribution in [2.45, 2.75) is 37.8 Å². The molecule has 1 aliphatic rings. The molecule has 0 saturated heterocycles. The summed E-state index contributed by atoms with van der Waals surface area (Å²) in [5, 5.41) is 0.681. The van der Waals surface area contributed by atoms with Gasteiger partial charge in [-0.15, -0.1) is 9.24 Å². The van der Waals surface area contributed by atoms with Gasteiger partial charge < -0.3 is 0 Å². The Hall–Kier alpha value is 0.430. The zero-order chi connectivity index (χ0) is 5.33. The predicted molar refractivity (Wildman–Crippen MR) is 36.6 cm³/mol. The summed E-state index contributed by atoms with van der Waals surface area (Å²) >= 11 is 0. The van der Waals surface area contributed by atoms with E-state index < -0.39 is 0 Å². The molecule has 1 heteroatoms. The summed E-state index contributed by atoms with van der Waals surface area (Å²) in [5.74, 6) is 0. The van der Waals surface area contributed by atoms with Gasteiger partial charge in [0.05, 0.1) is 0 Å². The Bertz CT molecular complexity index is 59.1. The Morgan fingerprint density at radius 3 is 2.14 bits per heavy atom. The highest BCUT2D eigenvalue weighted by Gasteiger charge is 2.29. The average molecular weight is 116 g/mol. The third kappa shape index (κ3) is 0.966. The molecule has 0 spiro atoms. The molecule has 1 fully saturated rings. The van der Waals surface area contributed by atoms with Crippen molar-refractivity contribution in [3.05, 3.63) is 0 Å². The maximum absolute atomic E-state index is 2.95. The van der Waals surface area contributed by atoms with Gasteiger partial charge in [-0.3, -0.25) is 0 Å². The van der Waals surface area contributed by atoms with Crippen LogP contribution in [0.25, 0.3) is 0 Å². The monoisotopic (exact) mass is 116 g/mol. The van der Waals surface area contributed by atoms with Crippen LogP contribution in [0.15, 0.2) is 0 Å². The van der Waals surface area contributed by atoms with E-state index in [9.17, 15) is 0 Å². The third-order valence-electron chi connectivity index (χ3n) is 2.05. The summed E-state index contributed by atoms with van der Waals surface area (Å²) in [5.41, 5.74) is 0. The molecule has 0 nitrogen and oxygen atoms in total. The molecule has 1 aliphatic carbocycles. The summed E-state index contributed by atoms with van der Waals surface area (Å²) in [6.45, 7) is 2.27. The lowest BCUT2D eigenvalue weighted by atomic mass is 9.82. The van der Waals surface area contributed by atoms with Gasteiger partial charge in [-0.2, -0.15) is 0 Å². The first kappa shape index (κ1) is 5.56. The van der Waals surface area contributed by atoms with Gasteiger partial charge in [-0.25, -0.2) is 0 Å². The van der Waals surface area contributed by atoms with Gasteiger partial charge in [-0.1, -0.05) is 13.3 Å². The first-order valence-electron chi connectivity index (χ1n) is 3.06. The minimum atomic E-state index is 0.681. The highest BCUT2D eigenvalue weighted by molar-refractivity contribution is 7.19. The molecule has 1 rings (SSSR count). The fourth-order valence-corrected chi connectivity index (χ4v) is 1.39. The van der Waals surface area contributed by atoms with Crippen LogP contribution in [0.3, 0.4) is 0 Å². The van der Waals surface area contributed by atoms with Gasteiger partial charge in [0.1, 0.15) is 0 Å². The zero-order valence-electron chi connectivity index (χ0n) is 4.91. The fraction of sp³-hybridized carbons (Fsp3) is 1.00. The summed E-state index contributed by atoms with van der Waals surface area (Å²) in [6.07, 6.45) is 5.68. The maximum atomic E-state index is 2.95. The van der Waals surface area contributed by atoms with Crippen molar-refractivity contribution in [3.8, 4) is 0 Å². The van der Waals surface area contributed by atoms with Crippen LogP contribution in [0.1, 0.15) is 32.6 Å². The Morgan fingerprint density at radius 1 is 1.57 bits per heavy atom. The second-order valence-electron chi connectivity index (χ2n) is 2.57. The molecule has 0 aliphatic heterocycles. The lowest BCUT2D eigenvalue weighted by Crippen LogP contribution is -2.28. The van der Waals surface area contributed by atoms with E-state index in [4.69, 9.17) is 0 Å². The van der Waals surface area contributed by atoms with Gasteiger partial charge in [-0.05, 0) is 24.4 Å². The van der Waals surface area contributed by atoms with Crippen molar-refractivity contribution in [2.75, 3.05) is 0 Å². The van der Waals surface area contributed by atoms with E-state index in [2.05, 4.69) is 16.2 Å². The van der Waals surface area contributed by atoms with Crippen molar-refractivity contribution in [1.82, 2.24) is 0 Å². The SMILES string of the molecule is CCC1(P)CCC1. The summed E-state index contributed by atoms with van der Waals surface area (Å²) in [4.78, 5) is 0. The highest BCUT2D eigenvalue weighted by Crippen LogP contribution is 2.42. The lowest BCUT2D eigenvalue weighted by Gasteiger charge is -2.36. The van der Waals surface area contributed by atoms with Crippen LogP contribution in [-0.4, -0.2) is 5.16 Å². The van der Waals surface area contributed by atoms with E-state index >= 15 is 0 Å². The third-order valence-corrected chi connectivity index (χ3v) is 3.04. The molecule has 0 aromatic carbocycles. The normalized spacial score (nSPS) is 26.6. The highest BCUT2D eigenvalue weighted by atomic mass is 31.0. The van der Waals surface area contributed by atoms with Crippen LogP contribution in [0.4, 0.5) is 0 Å². The molecule has 0 aromatic heterocycles. The van der Waals surface area contributed by atoms with Crippen molar-refractivity contribution in [1.29, 1.82) is 0 Å². The minimum Gasteiger partial charge on any atom is -0.131 e. The molecular formula is C6H13P. The number of hydrogen-bond acceptors (Lipinski definition) is 0. The molecule has 1 atom stereocenters. The zero-order valence-corrected chi connectivity index (χ0v) is 6.06. The van der Waals surface area contributed by atoms with Crippen LogP contribution in [0.5, 0.6) is 0 Å². The Kier molecular flexibility index (Phi) is 1.39. The lowest BCUT2D eigenvalue weighted by molar-refractivity contribution is 0.352. The first-order chi connectivity index (χ1) is 3.27.